The van der Waals surface area contributed by atoms with Crippen molar-refractivity contribution in [3.8, 4) is 5.75 Å². The van der Waals surface area contributed by atoms with Crippen LogP contribution in [0.3, 0.4) is 0 Å². The molecule has 0 unspecified atom stereocenters. The summed E-state index contributed by atoms with van der Waals surface area (Å²) in [5.41, 5.74) is 7.26. The number of benzene rings is 3. The fourth-order valence-corrected chi connectivity index (χ4v) is 5.16. The van der Waals surface area contributed by atoms with Gasteiger partial charge in [-0.1, -0.05) is 79.5 Å². The van der Waals surface area contributed by atoms with Gasteiger partial charge in [-0.05, 0) is 61.1 Å². The highest BCUT2D eigenvalue weighted by Crippen LogP contribution is 2.26. The van der Waals surface area contributed by atoms with Crippen molar-refractivity contribution in [2.45, 2.75) is 46.7 Å². The number of carbonyl (C=O) groups excluding carboxylic acids is 2. The molecule has 0 saturated heterocycles. The second-order valence-corrected chi connectivity index (χ2v) is 11.3. The Balaban J connectivity index is 1.44. The lowest BCUT2D eigenvalue weighted by Crippen LogP contribution is -2.47. The topological polar surface area (TPSA) is 84.7 Å². The number of nitrogens with zero attached hydrogens (tertiary/aromatic N) is 2. The maximum absolute atomic E-state index is 13.1. The second-order valence-electron chi connectivity index (χ2n) is 10.5. The molecule has 4 rings (SSSR count). The Hall–Kier alpha value is -3.81. The number of fused-ring (bicyclic) bond motifs is 1. The molecule has 1 atom stereocenters. The number of para-hydroxylation sites is 2. The summed E-state index contributed by atoms with van der Waals surface area (Å²) in [5.74, 6) is 0.0789. The second kappa shape index (κ2) is 13.7. The van der Waals surface area contributed by atoms with Crippen LogP contribution in [0.1, 0.15) is 42.5 Å². The van der Waals surface area contributed by atoms with Gasteiger partial charge in [0.25, 0.3) is 11.8 Å². The van der Waals surface area contributed by atoms with Crippen molar-refractivity contribution in [2.24, 2.45) is 11.0 Å². The van der Waals surface area contributed by atoms with Gasteiger partial charge < -0.3 is 14.6 Å². The SMILES string of the molecule is Cc1cccc(C)c1OCC(=O)N[C@@H](CC(C)C)C(=O)N/N=C\c1cn(Cc2ccc(Cl)cc2Cl)c2ccccc12. The summed E-state index contributed by atoms with van der Waals surface area (Å²) in [4.78, 5) is 25.7. The molecule has 2 N–H and O–H groups in total. The minimum Gasteiger partial charge on any atom is -0.483 e. The van der Waals surface area contributed by atoms with E-state index in [1.54, 1.807) is 12.3 Å². The zero-order chi connectivity index (χ0) is 29.5. The van der Waals surface area contributed by atoms with Gasteiger partial charge in [-0.15, -0.1) is 0 Å². The first-order valence-corrected chi connectivity index (χ1v) is 14.2. The van der Waals surface area contributed by atoms with E-state index in [9.17, 15) is 9.59 Å². The number of hydrogen-bond acceptors (Lipinski definition) is 4. The number of nitrogens with one attached hydrogen (secondary N) is 2. The maximum Gasteiger partial charge on any atom is 0.262 e. The minimum atomic E-state index is -0.755. The van der Waals surface area contributed by atoms with Crippen molar-refractivity contribution in [3.63, 3.8) is 0 Å². The third kappa shape index (κ3) is 7.90. The average molecular weight is 594 g/mol. The van der Waals surface area contributed by atoms with Crippen LogP contribution in [-0.2, 0) is 16.1 Å². The molecule has 9 heteroatoms. The Morgan fingerprint density at radius 3 is 2.46 bits per heavy atom. The van der Waals surface area contributed by atoms with Gasteiger partial charge in [-0.2, -0.15) is 5.10 Å². The molecular weight excluding hydrogens is 559 g/mol. The van der Waals surface area contributed by atoms with E-state index >= 15 is 0 Å². The molecule has 7 nitrogen and oxygen atoms in total. The molecule has 41 heavy (non-hydrogen) atoms. The summed E-state index contributed by atoms with van der Waals surface area (Å²) < 4.78 is 7.84. The number of aromatic nitrogens is 1. The standard InChI is InChI=1S/C32H34Cl2N4O3/c1-20(2)14-28(36-30(39)19-41-31-21(3)8-7-9-22(31)4)32(40)37-35-16-24-18-38(29-11-6-5-10-26(24)29)17-23-12-13-25(33)15-27(23)34/h5-13,15-16,18,20,28H,14,17,19H2,1-4H3,(H,36,39)(H,37,40)/b35-16-/t28-/m0/s1. The fourth-order valence-electron chi connectivity index (χ4n) is 4.69. The van der Waals surface area contributed by atoms with Crippen LogP contribution in [0, 0.1) is 19.8 Å². The summed E-state index contributed by atoms with van der Waals surface area (Å²) in [7, 11) is 0. The minimum absolute atomic E-state index is 0.173. The lowest BCUT2D eigenvalue weighted by atomic mass is 10.0. The average Bonchev–Trinajstić information content (AvgIpc) is 3.26. The molecule has 0 fully saturated rings. The predicted octanol–water partition coefficient (Wildman–Crippen LogP) is 6.67. The molecule has 1 aromatic heterocycles. The van der Waals surface area contributed by atoms with Crippen molar-refractivity contribution in [1.29, 1.82) is 0 Å². The Bertz CT molecular complexity index is 1560. The number of rotatable bonds is 11. The third-order valence-electron chi connectivity index (χ3n) is 6.67. The molecule has 0 aliphatic carbocycles. The summed E-state index contributed by atoms with van der Waals surface area (Å²) in [6.07, 6.45) is 4.03. The summed E-state index contributed by atoms with van der Waals surface area (Å²) in [6.45, 7) is 8.20. The van der Waals surface area contributed by atoms with Gasteiger partial charge in [0.05, 0.1) is 6.21 Å². The zero-order valence-corrected chi connectivity index (χ0v) is 25.1. The zero-order valence-electron chi connectivity index (χ0n) is 23.6. The van der Waals surface area contributed by atoms with Crippen molar-refractivity contribution < 1.29 is 14.3 Å². The normalized spacial score (nSPS) is 12.2. The van der Waals surface area contributed by atoms with E-state index in [0.717, 1.165) is 33.2 Å². The molecule has 2 amide bonds. The van der Waals surface area contributed by atoms with E-state index in [2.05, 4.69) is 20.4 Å². The highest BCUT2D eigenvalue weighted by molar-refractivity contribution is 6.35. The van der Waals surface area contributed by atoms with Crippen molar-refractivity contribution >= 4 is 52.1 Å². The van der Waals surface area contributed by atoms with Gasteiger partial charge >= 0.3 is 0 Å². The van der Waals surface area contributed by atoms with E-state index in [-0.39, 0.29) is 18.4 Å². The molecular formula is C32H34Cl2N4O3. The smallest absolute Gasteiger partial charge is 0.262 e. The predicted molar refractivity (Wildman–Crippen MR) is 166 cm³/mol. The molecule has 0 radical (unpaired) electrons. The van der Waals surface area contributed by atoms with Crippen molar-refractivity contribution in [1.82, 2.24) is 15.3 Å². The summed E-state index contributed by atoms with van der Waals surface area (Å²) >= 11 is 12.5. The molecule has 0 aliphatic rings. The van der Waals surface area contributed by atoms with Crippen molar-refractivity contribution in [2.75, 3.05) is 6.61 Å². The van der Waals surface area contributed by atoms with Gasteiger partial charge in [0.2, 0.25) is 0 Å². The van der Waals surface area contributed by atoms with Gasteiger partial charge in [0, 0.05) is 39.3 Å². The molecule has 1 heterocycles. The first kappa shape index (κ1) is 30.2. The van der Waals surface area contributed by atoms with E-state index in [4.69, 9.17) is 27.9 Å². The van der Waals surface area contributed by atoms with Crippen LogP contribution in [-0.4, -0.2) is 35.2 Å². The molecule has 0 saturated carbocycles. The number of halogens is 2. The first-order valence-electron chi connectivity index (χ1n) is 13.5. The molecule has 3 aromatic carbocycles. The van der Waals surface area contributed by atoms with Crippen LogP contribution in [0.2, 0.25) is 10.0 Å². The van der Waals surface area contributed by atoms with E-state index in [0.29, 0.717) is 28.8 Å². The van der Waals surface area contributed by atoms with E-state index in [1.807, 2.05) is 88.5 Å². The van der Waals surface area contributed by atoms with Crippen LogP contribution in [0.15, 0.2) is 72.0 Å². The summed E-state index contributed by atoms with van der Waals surface area (Å²) in [6, 6.07) is 18.4. The van der Waals surface area contributed by atoms with E-state index < -0.39 is 11.9 Å². The van der Waals surface area contributed by atoms with E-state index in [1.165, 1.54) is 0 Å². The molecule has 214 valence electrons. The Morgan fingerprint density at radius 1 is 1.02 bits per heavy atom. The van der Waals surface area contributed by atoms with Crippen LogP contribution in [0.25, 0.3) is 10.9 Å². The Labute approximate surface area is 250 Å². The van der Waals surface area contributed by atoms with Gasteiger partial charge in [-0.25, -0.2) is 5.43 Å². The summed E-state index contributed by atoms with van der Waals surface area (Å²) in [5, 5.41) is 9.18. The van der Waals surface area contributed by atoms with Crippen molar-refractivity contribution in [3.05, 3.63) is 99.2 Å². The lowest BCUT2D eigenvalue weighted by molar-refractivity contribution is -0.130. The number of hydrazone groups is 1. The van der Waals surface area contributed by atoms with Gasteiger partial charge in [-0.3, -0.25) is 9.59 Å². The molecule has 0 aliphatic heterocycles. The maximum atomic E-state index is 13.1. The number of aryl methyl sites for hydroxylation is 2. The number of ether oxygens (including phenoxy) is 1. The molecule has 4 aromatic rings. The Kier molecular flexibility index (Phi) is 10.1. The number of amides is 2. The van der Waals surface area contributed by atoms with Crippen LogP contribution in [0.4, 0.5) is 0 Å². The molecule has 0 spiro atoms. The number of carbonyl (C=O) groups is 2. The van der Waals surface area contributed by atoms with Crippen LogP contribution < -0.4 is 15.5 Å². The lowest BCUT2D eigenvalue weighted by Gasteiger charge is -2.19. The number of hydrogen-bond donors (Lipinski definition) is 2. The highest BCUT2D eigenvalue weighted by atomic mass is 35.5. The van der Waals surface area contributed by atoms with Gasteiger partial charge in [0.1, 0.15) is 11.8 Å². The Morgan fingerprint density at radius 2 is 1.76 bits per heavy atom. The van der Waals surface area contributed by atoms with Gasteiger partial charge in [0.15, 0.2) is 6.61 Å². The fraction of sp³-hybridized carbons (Fsp3) is 0.281. The quantitative estimate of drug-likeness (QED) is 0.150. The highest BCUT2D eigenvalue weighted by Gasteiger charge is 2.22. The third-order valence-corrected chi connectivity index (χ3v) is 7.26. The van der Waals surface area contributed by atoms with Crippen LogP contribution >= 0.6 is 23.2 Å². The largest absolute Gasteiger partial charge is 0.483 e. The monoisotopic (exact) mass is 592 g/mol. The van der Waals surface area contributed by atoms with Crippen LogP contribution in [0.5, 0.6) is 5.75 Å². The first-order chi connectivity index (χ1) is 19.6. The molecule has 0 bridgehead atoms.